The Labute approximate surface area is 309 Å². The number of hydrogen-bond acceptors (Lipinski definition) is 8. The largest absolute Gasteiger partial charge is 0.444 e. The summed E-state index contributed by atoms with van der Waals surface area (Å²) in [5, 5.41) is 11.0. The molecule has 12 atom stereocenters. The zero-order chi connectivity index (χ0) is 36.4. The highest BCUT2D eigenvalue weighted by molar-refractivity contribution is 5.69. The van der Waals surface area contributed by atoms with E-state index in [-0.39, 0.29) is 37.5 Å². The van der Waals surface area contributed by atoms with Gasteiger partial charge < -0.3 is 33.7 Å². The molecule has 9 nitrogen and oxygen atoms in total. The van der Waals surface area contributed by atoms with E-state index in [9.17, 15) is 9.90 Å². The van der Waals surface area contributed by atoms with Crippen LogP contribution < -0.4 is 0 Å². The summed E-state index contributed by atoms with van der Waals surface area (Å²) in [5.41, 5.74) is 0.0552. The van der Waals surface area contributed by atoms with Gasteiger partial charge in [0.05, 0.1) is 37.1 Å². The van der Waals surface area contributed by atoms with E-state index in [1.54, 1.807) is 0 Å². The Kier molecular flexibility index (Phi) is 9.08. The number of ether oxygens (including phenoxy) is 5. The summed E-state index contributed by atoms with van der Waals surface area (Å²) < 4.78 is 32.0. The maximum Gasteiger partial charge on any atom is 0.410 e. The van der Waals surface area contributed by atoms with Gasteiger partial charge in [-0.2, -0.15) is 0 Å². The lowest BCUT2D eigenvalue weighted by Gasteiger charge is -2.60. The van der Waals surface area contributed by atoms with Crippen molar-refractivity contribution in [3.05, 3.63) is 0 Å². The minimum Gasteiger partial charge on any atom is -0.444 e. The molecular weight excluding hydrogens is 644 g/mol. The third-order valence-corrected chi connectivity index (χ3v) is 16.4. The van der Waals surface area contributed by atoms with Crippen molar-refractivity contribution in [2.75, 3.05) is 39.4 Å². The lowest BCUT2D eigenvalue weighted by molar-refractivity contribution is -0.250. The van der Waals surface area contributed by atoms with Crippen LogP contribution in [0.25, 0.3) is 0 Å². The van der Waals surface area contributed by atoms with Gasteiger partial charge >= 0.3 is 6.09 Å². The van der Waals surface area contributed by atoms with Crippen molar-refractivity contribution < 1.29 is 35.0 Å². The van der Waals surface area contributed by atoms with Crippen molar-refractivity contribution in [2.45, 2.75) is 174 Å². The Bertz CT molecular complexity index is 1330. The van der Waals surface area contributed by atoms with Gasteiger partial charge in [0, 0.05) is 33.7 Å². The van der Waals surface area contributed by atoms with Gasteiger partial charge in [0.1, 0.15) is 11.7 Å². The van der Waals surface area contributed by atoms with Gasteiger partial charge in [-0.25, -0.2) is 4.79 Å². The van der Waals surface area contributed by atoms with Crippen molar-refractivity contribution in [1.29, 1.82) is 0 Å². The Morgan fingerprint density at radius 2 is 1.69 bits per heavy atom. The summed E-state index contributed by atoms with van der Waals surface area (Å²) in [6.45, 7) is 23.6. The lowest BCUT2D eigenvalue weighted by atomic mass is 9.46. The van der Waals surface area contributed by atoms with Crippen molar-refractivity contribution in [3.8, 4) is 0 Å². The molecule has 11 unspecified atom stereocenters. The average molecular weight is 717 g/mol. The first-order valence-corrected chi connectivity index (χ1v) is 20.9. The van der Waals surface area contributed by atoms with Crippen LogP contribution in [-0.4, -0.2) is 108 Å². The Hall–Kier alpha value is -0.970. The van der Waals surface area contributed by atoms with Crippen molar-refractivity contribution in [1.82, 2.24) is 9.80 Å². The normalized spacial score (nSPS) is 45.7. The lowest BCUT2D eigenvalue weighted by Crippen LogP contribution is -2.64. The number of nitrogens with zero attached hydrogens (tertiary/aromatic N) is 2. The zero-order valence-corrected chi connectivity index (χ0v) is 33.4. The monoisotopic (exact) mass is 717 g/mol. The molecule has 8 aliphatic rings. The van der Waals surface area contributed by atoms with Gasteiger partial charge in [-0.3, -0.25) is 4.90 Å². The number of morpholine rings is 1. The smallest absolute Gasteiger partial charge is 0.410 e. The van der Waals surface area contributed by atoms with Crippen LogP contribution in [0.4, 0.5) is 4.79 Å². The third kappa shape index (κ3) is 5.95. The second-order valence-corrected chi connectivity index (χ2v) is 20.8. The number of aliphatic hydroxyl groups is 1. The zero-order valence-electron chi connectivity index (χ0n) is 33.4. The topological polar surface area (TPSA) is 89.9 Å². The summed E-state index contributed by atoms with van der Waals surface area (Å²) in [5.74, 6) is 2.87. The van der Waals surface area contributed by atoms with E-state index < -0.39 is 11.2 Å². The van der Waals surface area contributed by atoms with Gasteiger partial charge in [0.2, 0.25) is 0 Å². The summed E-state index contributed by atoms with van der Waals surface area (Å²) >= 11 is 0. The van der Waals surface area contributed by atoms with Crippen LogP contribution in [0.2, 0.25) is 0 Å². The Balaban J connectivity index is 0.00000420. The van der Waals surface area contributed by atoms with E-state index in [4.69, 9.17) is 23.7 Å². The number of likely N-dealkylation sites (tertiary alicyclic amines) is 1. The maximum atomic E-state index is 12.5. The molecule has 3 aliphatic heterocycles. The molecule has 0 aromatic carbocycles. The number of rotatable bonds is 7. The van der Waals surface area contributed by atoms with E-state index in [1.165, 1.54) is 51.4 Å². The average Bonchev–Trinajstić information content (AvgIpc) is 3.59. The first-order chi connectivity index (χ1) is 23.9. The number of carbonyl (C=O) groups is 1. The molecule has 2 spiro atoms. The molecule has 8 fully saturated rings. The molecule has 3 heterocycles. The molecule has 0 aromatic rings. The summed E-state index contributed by atoms with van der Waals surface area (Å²) in [7, 11) is 0. The van der Waals surface area contributed by atoms with E-state index in [1.807, 2.05) is 46.4 Å². The minimum absolute atomic E-state index is 0. The predicted octanol–water partition coefficient (Wildman–Crippen LogP) is 7.28. The van der Waals surface area contributed by atoms with Crippen LogP contribution in [0.15, 0.2) is 0 Å². The SMILES string of the molecule is CCOC(C1CCC2C(CC3C4CCC5C(C)(C)[C@@H](OC6CN(C7CN(C(=O)OC(C)(C)C)C7)CCO6)CCC56CC46CCC23C)O1)C(C)(C)O.[HH]. The first kappa shape index (κ1) is 37.0. The van der Waals surface area contributed by atoms with Gasteiger partial charge in [0.25, 0.3) is 0 Å². The van der Waals surface area contributed by atoms with E-state index in [2.05, 4.69) is 25.7 Å². The van der Waals surface area contributed by atoms with Crippen LogP contribution in [0.1, 0.15) is 128 Å². The molecule has 51 heavy (non-hydrogen) atoms. The number of hydrogen-bond donors (Lipinski definition) is 1. The first-order valence-electron chi connectivity index (χ1n) is 20.9. The van der Waals surface area contributed by atoms with Crippen LogP contribution in [0.3, 0.4) is 0 Å². The number of carbonyl (C=O) groups excluding carboxylic acids is 1. The molecule has 8 rings (SSSR count). The van der Waals surface area contributed by atoms with E-state index in [0.29, 0.717) is 66.5 Å². The highest BCUT2D eigenvalue weighted by atomic mass is 16.7. The molecule has 5 saturated carbocycles. The Morgan fingerprint density at radius 3 is 2.39 bits per heavy atom. The standard InChI is InChI=1S/C42H70N2O7.H2/c1-10-47-35(39(7,8)46)30-13-11-28-31(49-30)21-29-27-12-14-32-38(5,6)33(15-16-42(32)25-41(27,42)18-17-40(28,29)9)50-34-24-43(19-20-48-34)26-22-44(23-26)36(45)51-37(2,3)4;/h26-35,46H,10-25H2,1-9H3;1H/t27?,28?,29?,30?,31?,32?,33-,34?,35?,40?,41?,42?;/m0./s1. The molecule has 1 amide bonds. The second-order valence-electron chi connectivity index (χ2n) is 20.8. The summed E-state index contributed by atoms with van der Waals surface area (Å²) in [6.07, 6.45) is 12.4. The fourth-order valence-electron chi connectivity index (χ4n) is 14.1. The van der Waals surface area contributed by atoms with Crippen LogP contribution in [0, 0.1) is 45.3 Å². The highest BCUT2D eigenvalue weighted by Crippen LogP contribution is 2.87. The van der Waals surface area contributed by atoms with Crippen molar-refractivity contribution in [3.63, 3.8) is 0 Å². The number of amides is 1. The van der Waals surface area contributed by atoms with Crippen LogP contribution in [0.5, 0.6) is 0 Å². The van der Waals surface area contributed by atoms with E-state index >= 15 is 0 Å². The number of fused-ring (bicyclic) bond motifs is 4. The molecule has 292 valence electrons. The summed E-state index contributed by atoms with van der Waals surface area (Å²) in [4.78, 5) is 16.8. The molecule has 0 bridgehead atoms. The van der Waals surface area contributed by atoms with Crippen LogP contribution >= 0.6 is 0 Å². The van der Waals surface area contributed by atoms with Crippen molar-refractivity contribution in [2.24, 2.45) is 45.3 Å². The summed E-state index contributed by atoms with van der Waals surface area (Å²) in [6, 6.07) is 0.345. The maximum absolute atomic E-state index is 12.5. The minimum atomic E-state index is -0.911. The molecule has 3 saturated heterocycles. The third-order valence-electron chi connectivity index (χ3n) is 16.4. The fraction of sp³-hybridized carbons (Fsp3) is 0.976. The fourth-order valence-corrected chi connectivity index (χ4v) is 14.1. The molecule has 0 aromatic heterocycles. The van der Waals surface area contributed by atoms with Crippen LogP contribution in [-0.2, 0) is 23.7 Å². The predicted molar refractivity (Wildman–Crippen MR) is 197 cm³/mol. The quantitative estimate of drug-likeness (QED) is 0.294. The second kappa shape index (κ2) is 12.5. The molecule has 0 radical (unpaired) electrons. The molecule has 9 heteroatoms. The Morgan fingerprint density at radius 1 is 0.941 bits per heavy atom. The molecule has 5 aliphatic carbocycles. The molecular formula is C42H72N2O7. The van der Waals surface area contributed by atoms with Gasteiger partial charge in [0.15, 0.2) is 6.29 Å². The van der Waals surface area contributed by atoms with E-state index in [0.717, 1.165) is 37.8 Å². The van der Waals surface area contributed by atoms with Gasteiger partial charge in [-0.15, -0.1) is 0 Å². The van der Waals surface area contributed by atoms with Crippen molar-refractivity contribution >= 4 is 6.09 Å². The highest BCUT2D eigenvalue weighted by Gasteiger charge is 2.80. The van der Waals surface area contributed by atoms with Gasteiger partial charge in [-0.05, 0) is 151 Å². The van der Waals surface area contributed by atoms with Gasteiger partial charge in [-0.1, -0.05) is 20.8 Å². The molecule has 1 N–H and O–H groups in total.